The van der Waals surface area contributed by atoms with Crippen molar-refractivity contribution in [3.8, 4) is 11.5 Å². The number of thioether (sulfide) groups is 1. The van der Waals surface area contributed by atoms with Gasteiger partial charge in [-0.3, -0.25) is 14.5 Å². The lowest BCUT2D eigenvalue weighted by Crippen LogP contribution is -2.27. The Bertz CT molecular complexity index is 960. The van der Waals surface area contributed by atoms with Crippen LogP contribution in [-0.2, 0) is 11.4 Å². The van der Waals surface area contributed by atoms with E-state index in [4.69, 9.17) is 9.47 Å². The fourth-order valence-corrected chi connectivity index (χ4v) is 4.78. The number of carbonyl (C=O) groups is 2. The van der Waals surface area contributed by atoms with E-state index in [1.165, 1.54) is 8.47 Å². The molecule has 2 aromatic rings. The van der Waals surface area contributed by atoms with Gasteiger partial charge in [-0.2, -0.15) is 0 Å². The van der Waals surface area contributed by atoms with Crippen molar-refractivity contribution in [3.63, 3.8) is 0 Å². The summed E-state index contributed by atoms with van der Waals surface area (Å²) in [5.41, 5.74) is 1.86. The van der Waals surface area contributed by atoms with Crippen LogP contribution >= 0.6 is 56.9 Å². The van der Waals surface area contributed by atoms with Crippen LogP contribution < -0.4 is 9.47 Å². The number of carbonyl (C=O) groups excluding carboxylic acids is 2. The Hall–Kier alpha value is -1.27. The highest BCUT2D eigenvalue weighted by Gasteiger charge is 2.33. The summed E-state index contributed by atoms with van der Waals surface area (Å²) >= 11 is 5.44. The zero-order chi connectivity index (χ0) is 21.0. The molecule has 0 N–H and O–H groups in total. The molecule has 1 saturated heterocycles. The fourth-order valence-electron chi connectivity index (χ4n) is 2.73. The summed E-state index contributed by atoms with van der Waals surface area (Å²) in [6.07, 6.45) is 1.73. The van der Waals surface area contributed by atoms with Gasteiger partial charge in [-0.25, -0.2) is 0 Å². The Morgan fingerprint density at radius 2 is 1.79 bits per heavy atom. The summed E-state index contributed by atoms with van der Waals surface area (Å²) < 4.78 is 13.9. The topological polar surface area (TPSA) is 55.8 Å². The van der Waals surface area contributed by atoms with Crippen molar-refractivity contribution in [1.29, 1.82) is 0 Å². The van der Waals surface area contributed by atoms with Crippen LogP contribution in [0, 0.1) is 7.14 Å². The van der Waals surface area contributed by atoms with Crippen molar-refractivity contribution in [2.24, 2.45) is 0 Å². The largest absolute Gasteiger partial charge is 0.490 e. The summed E-state index contributed by atoms with van der Waals surface area (Å²) in [5, 5.41) is -0.235. The third kappa shape index (κ3) is 5.46. The summed E-state index contributed by atoms with van der Waals surface area (Å²) in [6.45, 7) is 4.99. The van der Waals surface area contributed by atoms with Crippen molar-refractivity contribution in [2.75, 3.05) is 13.2 Å². The first kappa shape index (κ1) is 22.4. The molecule has 0 aromatic heterocycles. The Morgan fingerprint density at radius 1 is 1.07 bits per heavy atom. The number of benzene rings is 2. The summed E-state index contributed by atoms with van der Waals surface area (Å²) in [6, 6.07) is 11.9. The first-order valence-electron chi connectivity index (χ1n) is 9.01. The molecule has 29 heavy (non-hydrogen) atoms. The monoisotopic (exact) mass is 635 g/mol. The number of hydrogen-bond donors (Lipinski definition) is 0. The van der Waals surface area contributed by atoms with Crippen LogP contribution in [-0.4, -0.2) is 29.2 Å². The van der Waals surface area contributed by atoms with Crippen LogP contribution in [0.25, 0.3) is 6.08 Å². The lowest BCUT2D eigenvalue weighted by atomic mass is 10.1. The summed E-state index contributed by atoms with van der Waals surface area (Å²) in [7, 11) is 0. The number of imide groups is 1. The number of amides is 2. The van der Waals surface area contributed by atoms with Gasteiger partial charge in [0.25, 0.3) is 11.1 Å². The van der Waals surface area contributed by atoms with Crippen molar-refractivity contribution >= 4 is 74.2 Å². The number of rotatable bonds is 7. The lowest BCUT2D eigenvalue weighted by Gasteiger charge is -2.15. The van der Waals surface area contributed by atoms with E-state index in [9.17, 15) is 9.59 Å². The van der Waals surface area contributed by atoms with Gasteiger partial charge >= 0.3 is 0 Å². The standard InChI is InChI=1S/C21H19I2NO4S/c1-3-24-20(25)18(29-21(24)26)11-14-9-16(23)19(17(10-14)27-4-2)28-12-13-5-7-15(22)8-6-13/h5-11H,3-4,12H2,1-2H3/b18-11+. The second kappa shape index (κ2) is 10.2. The molecule has 0 saturated carbocycles. The van der Waals surface area contributed by atoms with Crippen LogP contribution in [0.4, 0.5) is 4.79 Å². The Labute approximate surface area is 201 Å². The molecule has 8 heteroatoms. The fraction of sp³-hybridized carbons (Fsp3) is 0.238. The number of ether oxygens (including phenoxy) is 2. The predicted molar refractivity (Wildman–Crippen MR) is 132 cm³/mol. The van der Waals surface area contributed by atoms with Gasteiger partial charge in [0.2, 0.25) is 0 Å². The Balaban J connectivity index is 1.86. The van der Waals surface area contributed by atoms with Crippen molar-refractivity contribution < 1.29 is 19.1 Å². The van der Waals surface area contributed by atoms with Crippen molar-refractivity contribution in [1.82, 2.24) is 4.90 Å². The molecule has 1 aliphatic heterocycles. The molecule has 1 heterocycles. The molecule has 1 fully saturated rings. The Kier molecular flexibility index (Phi) is 7.85. The highest BCUT2D eigenvalue weighted by Crippen LogP contribution is 2.37. The van der Waals surface area contributed by atoms with E-state index in [1.807, 2.05) is 43.3 Å². The minimum atomic E-state index is -0.255. The van der Waals surface area contributed by atoms with E-state index < -0.39 is 0 Å². The first-order valence-corrected chi connectivity index (χ1v) is 12.0. The van der Waals surface area contributed by atoms with Gasteiger partial charge in [-0.1, -0.05) is 12.1 Å². The molecule has 3 rings (SSSR count). The maximum absolute atomic E-state index is 12.4. The van der Waals surface area contributed by atoms with Gasteiger partial charge in [-0.05, 0) is 112 Å². The highest BCUT2D eigenvalue weighted by molar-refractivity contribution is 14.1. The van der Waals surface area contributed by atoms with Crippen LogP contribution in [0.1, 0.15) is 25.0 Å². The molecule has 1 aliphatic rings. The molecule has 0 bridgehead atoms. The normalized spacial score (nSPS) is 15.3. The van der Waals surface area contributed by atoms with Crippen molar-refractivity contribution in [3.05, 3.63) is 59.6 Å². The van der Waals surface area contributed by atoms with E-state index in [-0.39, 0.29) is 11.1 Å². The van der Waals surface area contributed by atoms with Gasteiger partial charge in [0.15, 0.2) is 11.5 Å². The van der Waals surface area contributed by atoms with Crippen LogP contribution in [0.3, 0.4) is 0 Å². The molecule has 0 radical (unpaired) electrons. The molecule has 0 atom stereocenters. The van der Waals surface area contributed by atoms with Gasteiger partial charge in [0.05, 0.1) is 15.1 Å². The SMILES string of the molecule is CCOc1cc(/C=C2/SC(=O)N(CC)C2=O)cc(I)c1OCc1ccc(I)cc1. The molecule has 0 spiro atoms. The number of hydrogen-bond acceptors (Lipinski definition) is 5. The summed E-state index contributed by atoms with van der Waals surface area (Å²) in [4.78, 5) is 25.9. The predicted octanol–water partition coefficient (Wildman–Crippen LogP) is 5.93. The summed E-state index contributed by atoms with van der Waals surface area (Å²) in [5.74, 6) is 1.03. The van der Waals surface area contributed by atoms with E-state index in [1.54, 1.807) is 13.0 Å². The van der Waals surface area contributed by atoms with E-state index in [2.05, 4.69) is 45.2 Å². The average Bonchev–Trinajstić information content (AvgIpc) is 2.95. The Morgan fingerprint density at radius 3 is 2.41 bits per heavy atom. The number of halogens is 2. The third-order valence-corrected chi connectivity index (χ3v) is 6.54. The van der Waals surface area contributed by atoms with Gasteiger partial charge in [-0.15, -0.1) is 0 Å². The van der Waals surface area contributed by atoms with Gasteiger partial charge < -0.3 is 9.47 Å². The zero-order valence-corrected chi connectivity index (χ0v) is 21.0. The van der Waals surface area contributed by atoms with E-state index in [0.717, 1.165) is 26.5 Å². The molecular weight excluding hydrogens is 616 g/mol. The zero-order valence-electron chi connectivity index (χ0n) is 15.9. The van der Waals surface area contributed by atoms with E-state index in [0.29, 0.717) is 36.2 Å². The van der Waals surface area contributed by atoms with Crippen LogP contribution in [0.5, 0.6) is 11.5 Å². The first-order chi connectivity index (χ1) is 13.9. The second-order valence-corrected chi connectivity index (χ2v) is 9.51. The second-order valence-electron chi connectivity index (χ2n) is 6.10. The highest BCUT2D eigenvalue weighted by atomic mass is 127. The van der Waals surface area contributed by atoms with Crippen molar-refractivity contribution in [2.45, 2.75) is 20.5 Å². The van der Waals surface area contributed by atoms with E-state index >= 15 is 0 Å². The van der Waals surface area contributed by atoms with Gasteiger partial charge in [0, 0.05) is 10.1 Å². The molecule has 0 unspecified atom stereocenters. The number of likely N-dealkylation sites (N-methyl/N-ethyl adjacent to an activating group) is 1. The number of nitrogens with zero attached hydrogens (tertiary/aromatic N) is 1. The molecule has 0 aliphatic carbocycles. The third-order valence-electron chi connectivity index (χ3n) is 4.12. The minimum absolute atomic E-state index is 0.235. The lowest BCUT2D eigenvalue weighted by molar-refractivity contribution is -0.122. The molecule has 152 valence electrons. The maximum atomic E-state index is 12.4. The smallest absolute Gasteiger partial charge is 0.293 e. The molecule has 5 nitrogen and oxygen atoms in total. The molecular formula is C21H19I2NO4S. The van der Waals surface area contributed by atoms with Crippen LogP contribution in [0.15, 0.2) is 41.3 Å². The maximum Gasteiger partial charge on any atom is 0.293 e. The molecule has 2 amide bonds. The quantitative estimate of drug-likeness (QED) is 0.279. The average molecular weight is 635 g/mol. The molecule has 2 aromatic carbocycles. The minimum Gasteiger partial charge on any atom is -0.490 e. The van der Waals surface area contributed by atoms with Gasteiger partial charge in [0.1, 0.15) is 6.61 Å². The van der Waals surface area contributed by atoms with Crippen LogP contribution in [0.2, 0.25) is 0 Å².